The Morgan fingerprint density at radius 2 is 2.00 bits per heavy atom. The number of anilines is 1. The molecule has 2 heterocycles. The molecule has 1 atom stereocenters. The van der Waals surface area contributed by atoms with E-state index in [1.807, 2.05) is 36.4 Å². The number of nitrogens with zero attached hydrogens (tertiary/aromatic N) is 2. The monoisotopic (exact) mass is 381 g/mol. The van der Waals surface area contributed by atoms with Gasteiger partial charge in [-0.05, 0) is 43.7 Å². The minimum Gasteiger partial charge on any atom is -0.474 e. The Morgan fingerprint density at radius 3 is 2.68 bits per heavy atom. The molecular formula is C22H27N3O3. The van der Waals surface area contributed by atoms with Gasteiger partial charge in [0.05, 0.1) is 18.5 Å². The summed E-state index contributed by atoms with van der Waals surface area (Å²) in [4.78, 5) is 18.8. The summed E-state index contributed by atoms with van der Waals surface area (Å²) in [6.07, 6.45) is 7.25. The normalized spacial score (nSPS) is 22.4. The Labute approximate surface area is 165 Å². The molecule has 2 fully saturated rings. The fourth-order valence-electron chi connectivity index (χ4n) is 4.20. The Kier molecular flexibility index (Phi) is 5.48. The van der Waals surface area contributed by atoms with Gasteiger partial charge in [0, 0.05) is 24.6 Å². The molecule has 1 aromatic carbocycles. The molecule has 1 saturated carbocycles. The molecule has 0 radical (unpaired) electrons. The first-order valence-corrected chi connectivity index (χ1v) is 10.0. The summed E-state index contributed by atoms with van der Waals surface area (Å²) in [5, 5.41) is 12.9. The minimum atomic E-state index is -0.393. The zero-order chi connectivity index (χ0) is 19.4. The van der Waals surface area contributed by atoms with Crippen molar-refractivity contribution in [2.45, 2.75) is 43.6 Å². The number of aromatic nitrogens is 1. The first-order valence-electron chi connectivity index (χ1n) is 10.0. The first-order chi connectivity index (χ1) is 13.7. The largest absolute Gasteiger partial charge is 0.474 e. The second kappa shape index (κ2) is 8.19. The fraction of sp³-hybridized carbons (Fsp3) is 0.455. The molecule has 28 heavy (non-hydrogen) atoms. The van der Waals surface area contributed by atoms with Gasteiger partial charge in [0.2, 0.25) is 5.88 Å². The topological polar surface area (TPSA) is 74.7 Å². The van der Waals surface area contributed by atoms with E-state index in [0.29, 0.717) is 24.7 Å². The lowest BCUT2D eigenvalue weighted by Crippen LogP contribution is -2.38. The maximum absolute atomic E-state index is 12.7. The first kappa shape index (κ1) is 18.7. The van der Waals surface area contributed by atoms with Crippen LogP contribution in [0, 0.1) is 0 Å². The number of pyridine rings is 1. The van der Waals surface area contributed by atoms with Crippen LogP contribution in [0.3, 0.4) is 0 Å². The Hall–Kier alpha value is -2.60. The zero-order valence-electron chi connectivity index (χ0n) is 16.0. The van der Waals surface area contributed by atoms with Crippen LogP contribution in [0.4, 0.5) is 10.5 Å². The molecule has 6 nitrogen and oxygen atoms in total. The lowest BCUT2D eigenvalue weighted by Gasteiger charge is -2.27. The number of hydrogen-bond acceptors (Lipinski definition) is 4. The van der Waals surface area contributed by atoms with Gasteiger partial charge in [-0.3, -0.25) is 0 Å². The molecule has 1 aromatic heterocycles. The highest BCUT2D eigenvalue weighted by atomic mass is 16.5. The van der Waals surface area contributed by atoms with Crippen LogP contribution in [0.2, 0.25) is 0 Å². The van der Waals surface area contributed by atoms with Crippen LogP contribution in [0.25, 0.3) is 0 Å². The van der Waals surface area contributed by atoms with Crippen molar-refractivity contribution in [3.8, 4) is 5.88 Å². The fourth-order valence-corrected chi connectivity index (χ4v) is 4.20. The van der Waals surface area contributed by atoms with Crippen molar-refractivity contribution in [1.29, 1.82) is 0 Å². The molecule has 6 heteroatoms. The van der Waals surface area contributed by atoms with E-state index in [9.17, 15) is 9.90 Å². The maximum atomic E-state index is 12.7. The van der Waals surface area contributed by atoms with Crippen molar-refractivity contribution in [1.82, 2.24) is 9.88 Å². The summed E-state index contributed by atoms with van der Waals surface area (Å²) < 4.78 is 5.86. The van der Waals surface area contributed by atoms with Gasteiger partial charge in [-0.25, -0.2) is 9.78 Å². The summed E-state index contributed by atoms with van der Waals surface area (Å²) in [7, 11) is 0. The van der Waals surface area contributed by atoms with Gasteiger partial charge in [-0.15, -0.1) is 0 Å². The number of aliphatic hydroxyl groups is 1. The standard InChI is InChI=1S/C22H27N3O3/c26-16-22(17-6-2-1-3-7-17)12-13-25(15-22)21(27)24-18-10-11-20(23-14-18)28-19-8-4-5-9-19/h1-3,6-7,10-11,14,19,26H,4-5,8-9,12-13,15-16H2,(H,24,27). The van der Waals surface area contributed by atoms with Gasteiger partial charge in [0.15, 0.2) is 0 Å². The van der Waals surface area contributed by atoms with Crippen molar-refractivity contribution < 1.29 is 14.6 Å². The molecule has 1 saturated heterocycles. The highest BCUT2D eigenvalue weighted by molar-refractivity contribution is 5.89. The van der Waals surface area contributed by atoms with Gasteiger partial charge in [-0.2, -0.15) is 0 Å². The van der Waals surface area contributed by atoms with Crippen LogP contribution >= 0.6 is 0 Å². The van der Waals surface area contributed by atoms with Crippen molar-refractivity contribution in [2.75, 3.05) is 25.0 Å². The predicted octanol–water partition coefficient (Wildman–Crippen LogP) is 3.57. The number of hydrogen-bond donors (Lipinski definition) is 2. The Balaban J connectivity index is 1.36. The van der Waals surface area contributed by atoms with E-state index in [1.54, 1.807) is 17.2 Å². The number of aliphatic hydroxyl groups excluding tert-OH is 1. The van der Waals surface area contributed by atoms with Gasteiger partial charge >= 0.3 is 6.03 Å². The number of rotatable bonds is 5. The quantitative estimate of drug-likeness (QED) is 0.830. The van der Waals surface area contributed by atoms with Gasteiger partial charge in [0.1, 0.15) is 6.10 Å². The predicted molar refractivity (Wildman–Crippen MR) is 108 cm³/mol. The summed E-state index contributed by atoms with van der Waals surface area (Å²) in [5.74, 6) is 0.606. The maximum Gasteiger partial charge on any atom is 0.321 e. The molecule has 1 unspecified atom stereocenters. The molecule has 2 aromatic rings. The van der Waals surface area contributed by atoms with Crippen LogP contribution in [0.1, 0.15) is 37.7 Å². The van der Waals surface area contributed by atoms with Crippen LogP contribution in [0.5, 0.6) is 5.88 Å². The summed E-state index contributed by atoms with van der Waals surface area (Å²) >= 11 is 0. The number of nitrogens with one attached hydrogen (secondary N) is 1. The van der Waals surface area contributed by atoms with E-state index in [-0.39, 0.29) is 18.7 Å². The lowest BCUT2D eigenvalue weighted by molar-refractivity contribution is 0.188. The highest BCUT2D eigenvalue weighted by Gasteiger charge is 2.40. The average Bonchev–Trinajstić information content (AvgIpc) is 3.41. The van der Waals surface area contributed by atoms with Gasteiger partial charge < -0.3 is 20.1 Å². The van der Waals surface area contributed by atoms with Crippen LogP contribution in [-0.4, -0.2) is 46.8 Å². The summed E-state index contributed by atoms with van der Waals surface area (Å²) in [6, 6.07) is 13.4. The number of likely N-dealkylation sites (tertiary alicyclic amines) is 1. The molecule has 0 bridgehead atoms. The van der Waals surface area contributed by atoms with E-state index in [2.05, 4.69) is 10.3 Å². The van der Waals surface area contributed by atoms with Crippen molar-refractivity contribution in [3.05, 3.63) is 54.2 Å². The number of urea groups is 1. The van der Waals surface area contributed by atoms with Crippen LogP contribution < -0.4 is 10.1 Å². The molecule has 1 aliphatic heterocycles. The van der Waals surface area contributed by atoms with Crippen molar-refractivity contribution in [2.24, 2.45) is 0 Å². The summed E-state index contributed by atoms with van der Waals surface area (Å²) in [6.45, 7) is 1.13. The van der Waals surface area contributed by atoms with E-state index in [0.717, 1.165) is 24.8 Å². The number of ether oxygens (including phenoxy) is 1. The average molecular weight is 381 g/mol. The molecule has 4 rings (SSSR count). The highest BCUT2D eigenvalue weighted by Crippen LogP contribution is 2.34. The second-order valence-corrected chi connectivity index (χ2v) is 7.82. The lowest BCUT2D eigenvalue weighted by atomic mass is 9.80. The third-order valence-electron chi connectivity index (χ3n) is 5.91. The number of benzene rings is 1. The third-order valence-corrected chi connectivity index (χ3v) is 5.91. The number of carbonyl (C=O) groups excluding carboxylic acids is 1. The molecule has 2 amide bonds. The molecule has 1 aliphatic carbocycles. The molecule has 2 aliphatic rings. The van der Waals surface area contributed by atoms with Crippen LogP contribution in [-0.2, 0) is 5.41 Å². The Bertz CT molecular complexity index is 790. The number of amides is 2. The number of carbonyl (C=O) groups is 1. The van der Waals surface area contributed by atoms with Crippen LogP contribution in [0.15, 0.2) is 48.7 Å². The van der Waals surface area contributed by atoms with Gasteiger partial charge in [0.25, 0.3) is 0 Å². The molecule has 2 N–H and O–H groups in total. The van der Waals surface area contributed by atoms with Crippen molar-refractivity contribution >= 4 is 11.7 Å². The Morgan fingerprint density at radius 1 is 1.21 bits per heavy atom. The van der Waals surface area contributed by atoms with E-state index in [4.69, 9.17) is 4.74 Å². The molecular weight excluding hydrogens is 354 g/mol. The van der Waals surface area contributed by atoms with Gasteiger partial charge in [-0.1, -0.05) is 30.3 Å². The second-order valence-electron chi connectivity index (χ2n) is 7.82. The minimum absolute atomic E-state index is 0.0234. The molecule has 148 valence electrons. The summed E-state index contributed by atoms with van der Waals surface area (Å²) in [5.41, 5.74) is 1.32. The van der Waals surface area contributed by atoms with Crippen molar-refractivity contribution in [3.63, 3.8) is 0 Å². The smallest absolute Gasteiger partial charge is 0.321 e. The van der Waals surface area contributed by atoms with E-state index in [1.165, 1.54) is 12.8 Å². The third kappa shape index (κ3) is 3.97. The van der Waals surface area contributed by atoms with E-state index >= 15 is 0 Å². The molecule has 0 spiro atoms. The van der Waals surface area contributed by atoms with E-state index < -0.39 is 5.41 Å². The SMILES string of the molecule is O=C(Nc1ccc(OC2CCCC2)nc1)N1CCC(CO)(c2ccccc2)C1. The zero-order valence-corrected chi connectivity index (χ0v) is 16.0.